The van der Waals surface area contributed by atoms with E-state index in [0.717, 1.165) is 47.9 Å². The van der Waals surface area contributed by atoms with Crippen LogP contribution >= 0.6 is 0 Å². The number of nitrogens with one attached hydrogen (secondary N) is 2. The lowest BCUT2D eigenvalue weighted by atomic mass is 9.79. The van der Waals surface area contributed by atoms with E-state index in [1.807, 2.05) is 36.4 Å². The van der Waals surface area contributed by atoms with E-state index in [2.05, 4.69) is 53.6 Å². The third-order valence-corrected chi connectivity index (χ3v) is 6.63. The maximum atomic E-state index is 13.5. The topological polar surface area (TPSA) is 57.5 Å². The molecule has 1 aliphatic heterocycles. The number of hydrogen-bond acceptors (Lipinski definition) is 5. The van der Waals surface area contributed by atoms with Crippen LogP contribution in [0, 0.1) is 0 Å². The molecule has 0 amide bonds. The van der Waals surface area contributed by atoms with Crippen LogP contribution in [0.4, 0.5) is 17.1 Å². The van der Waals surface area contributed by atoms with E-state index in [0.29, 0.717) is 6.42 Å². The van der Waals surface area contributed by atoms with Crippen molar-refractivity contribution in [1.29, 1.82) is 0 Å². The number of Topliss-reactive ketones (excluding diaryl/α,β-unsaturated/α-hetero) is 1. The van der Waals surface area contributed by atoms with Crippen LogP contribution in [0.15, 0.2) is 82.6 Å². The maximum Gasteiger partial charge on any atom is 0.163 e. The largest absolute Gasteiger partial charge is 0.467 e. The van der Waals surface area contributed by atoms with E-state index < -0.39 is 0 Å². The molecule has 2 aliphatic rings. The molecule has 0 saturated heterocycles. The number of furan rings is 1. The number of nitrogens with zero attached hydrogens (tertiary/aromatic N) is 1. The van der Waals surface area contributed by atoms with Crippen LogP contribution < -0.4 is 15.5 Å². The fourth-order valence-electron chi connectivity index (χ4n) is 4.94. The average Bonchev–Trinajstić information content (AvgIpc) is 3.29. The first-order chi connectivity index (χ1) is 15.7. The summed E-state index contributed by atoms with van der Waals surface area (Å²) in [4.78, 5) is 15.8. The van der Waals surface area contributed by atoms with Gasteiger partial charge in [-0.25, -0.2) is 0 Å². The van der Waals surface area contributed by atoms with E-state index in [4.69, 9.17) is 4.42 Å². The Kier molecular flexibility index (Phi) is 5.48. The number of fused-ring (bicyclic) bond motifs is 1. The second-order valence-corrected chi connectivity index (χ2v) is 8.45. The Hall–Kier alpha value is -3.47. The van der Waals surface area contributed by atoms with E-state index in [1.165, 1.54) is 11.3 Å². The smallest absolute Gasteiger partial charge is 0.163 e. The number of hydrogen-bond donors (Lipinski definition) is 2. The number of ketones is 1. The minimum atomic E-state index is -0.297. The Morgan fingerprint density at radius 1 is 0.938 bits per heavy atom. The zero-order chi connectivity index (χ0) is 22.1. The minimum absolute atomic E-state index is 0.155. The van der Waals surface area contributed by atoms with Crippen LogP contribution in [0.3, 0.4) is 0 Å². The summed E-state index contributed by atoms with van der Waals surface area (Å²) in [6.07, 6.45) is 2.95. The number of carbonyl (C=O) groups is 1. The summed E-state index contributed by atoms with van der Waals surface area (Å²) in [6, 6.07) is 20.3. The van der Waals surface area contributed by atoms with Crippen LogP contribution in [0.1, 0.15) is 50.0 Å². The summed E-state index contributed by atoms with van der Waals surface area (Å²) in [6.45, 7) is 6.31. The quantitative estimate of drug-likeness (QED) is 0.515. The number of anilines is 3. The molecule has 1 aliphatic carbocycles. The van der Waals surface area contributed by atoms with Crippen molar-refractivity contribution in [2.75, 3.05) is 28.6 Å². The second-order valence-electron chi connectivity index (χ2n) is 8.45. The highest BCUT2D eigenvalue weighted by Crippen LogP contribution is 2.44. The van der Waals surface area contributed by atoms with Gasteiger partial charge in [0.2, 0.25) is 0 Å². The zero-order valence-corrected chi connectivity index (χ0v) is 18.6. The maximum absolute atomic E-state index is 13.5. The Morgan fingerprint density at radius 3 is 2.38 bits per heavy atom. The lowest BCUT2D eigenvalue weighted by molar-refractivity contribution is -0.116. The molecule has 2 heterocycles. The van der Waals surface area contributed by atoms with E-state index in [1.54, 1.807) is 6.26 Å². The number of benzene rings is 2. The molecule has 0 unspecified atom stereocenters. The predicted molar refractivity (Wildman–Crippen MR) is 129 cm³/mol. The number of allylic oxidation sites excluding steroid dienone is 1. The Morgan fingerprint density at radius 2 is 1.69 bits per heavy atom. The normalized spacial score (nSPS) is 20.0. The van der Waals surface area contributed by atoms with E-state index in [-0.39, 0.29) is 17.7 Å². The van der Waals surface area contributed by atoms with Gasteiger partial charge in [-0.1, -0.05) is 24.3 Å². The van der Waals surface area contributed by atoms with Crippen molar-refractivity contribution >= 4 is 22.8 Å². The molecular weight excluding hydrogens is 398 g/mol. The third kappa shape index (κ3) is 3.68. The lowest BCUT2D eigenvalue weighted by Crippen LogP contribution is -2.26. The predicted octanol–water partition coefficient (Wildman–Crippen LogP) is 6.11. The summed E-state index contributed by atoms with van der Waals surface area (Å²) in [5, 5.41) is 7.12. The molecule has 1 aromatic heterocycles. The molecule has 2 N–H and O–H groups in total. The van der Waals surface area contributed by atoms with E-state index in [9.17, 15) is 4.79 Å². The SMILES string of the molecule is CCN(CC)c1ccc([C@H]2CC(=O)C3=C(C2)Nc2ccccc2N[C@H]3c2ccco2)cc1. The molecule has 0 saturated carbocycles. The zero-order valence-electron chi connectivity index (χ0n) is 18.6. The van der Waals surface area contributed by atoms with Gasteiger partial charge < -0.3 is 20.0 Å². The molecule has 0 spiro atoms. The molecule has 5 rings (SSSR count). The van der Waals surface area contributed by atoms with Gasteiger partial charge in [0.1, 0.15) is 11.8 Å². The molecular formula is C27H29N3O2. The first kappa shape index (κ1) is 20.4. The fraction of sp³-hybridized carbons (Fsp3) is 0.296. The van der Waals surface area contributed by atoms with Crippen LogP contribution in [0.25, 0.3) is 0 Å². The van der Waals surface area contributed by atoms with Crippen LogP contribution in [0.5, 0.6) is 0 Å². The van der Waals surface area contributed by atoms with Crippen molar-refractivity contribution < 1.29 is 9.21 Å². The van der Waals surface area contributed by atoms with Crippen molar-refractivity contribution in [2.24, 2.45) is 0 Å². The standard InChI is InChI=1S/C27H29N3O2/c1-3-30(4-2)20-13-11-18(12-14-20)19-16-23-26(24(31)17-19)27(25-10-7-15-32-25)29-22-9-6-5-8-21(22)28-23/h5-15,19,27-29H,3-4,16-17H2,1-2H3/t19-,27+/m1/s1. The van der Waals surface area contributed by atoms with Crippen LogP contribution in [-0.4, -0.2) is 18.9 Å². The van der Waals surface area contributed by atoms with Crippen molar-refractivity contribution in [2.45, 2.75) is 38.6 Å². The van der Waals surface area contributed by atoms with Crippen molar-refractivity contribution in [3.63, 3.8) is 0 Å². The summed E-state index contributed by atoms with van der Waals surface area (Å²) >= 11 is 0. The number of rotatable bonds is 5. The summed E-state index contributed by atoms with van der Waals surface area (Å²) in [5.74, 6) is 1.08. The molecule has 0 fully saturated rings. The molecule has 0 bridgehead atoms. The molecule has 2 atom stereocenters. The molecule has 32 heavy (non-hydrogen) atoms. The monoisotopic (exact) mass is 427 g/mol. The minimum Gasteiger partial charge on any atom is -0.467 e. The van der Waals surface area contributed by atoms with Gasteiger partial charge in [-0.3, -0.25) is 4.79 Å². The van der Waals surface area contributed by atoms with Gasteiger partial charge in [-0.2, -0.15) is 0 Å². The number of carbonyl (C=O) groups excluding carboxylic acids is 1. The summed E-state index contributed by atoms with van der Waals surface area (Å²) in [5.41, 5.74) is 6.16. The van der Waals surface area contributed by atoms with Gasteiger partial charge in [0.15, 0.2) is 5.78 Å². The average molecular weight is 428 g/mol. The molecule has 5 nitrogen and oxygen atoms in total. The first-order valence-electron chi connectivity index (χ1n) is 11.4. The van der Waals surface area contributed by atoms with Crippen molar-refractivity contribution in [1.82, 2.24) is 0 Å². The fourth-order valence-corrected chi connectivity index (χ4v) is 4.94. The van der Waals surface area contributed by atoms with Gasteiger partial charge in [-0.05, 0) is 68.1 Å². The highest BCUT2D eigenvalue weighted by molar-refractivity contribution is 6.01. The lowest BCUT2D eigenvalue weighted by Gasteiger charge is -2.29. The Labute approximate surface area is 189 Å². The molecule has 3 aromatic rings. The summed E-state index contributed by atoms with van der Waals surface area (Å²) < 4.78 is 5.73. The van der Waals surface area contributed by atoms with Crippen LogP contribution in [0.2, 0.25) is 0 Å². The highest BCUT2D eigenvalue weighted by atomic mass is 16.3. The van der Waals surface area contributed by atoms with Crippen molar-refractivity contribution in [3.05, 3.63) is 89.5 Å². The van der Waals surface area contributed by atoms with Gasteiger partial charge in [0, 0.05) is 36.5 Å². The molecule has 5 heteroatoms. The third-order valence-electron chi connectivity index (χ3n) is 6.63. The van der Waals surface area contributed by atoms with Gasteiger partial charge in [0.05, 0.1) is 17.6 Å². The second kappa shape index (κ2) is 8.58. The molecule has 0 radical (unpaired) electrons. The highest BCUT2D eigenvalue weighted by Gasteiger charge is 2.37. The van der Waals surface area contributed by atoms with Gasteiger partial charge in [0.25, 0.3) is 0 Å². The molecule has 2 aromatic carbocycles. The number of para-hydroxylation sites is 2. The van der Waals surface area contributed by atoms with Crippen molar-refractivity contribution in [3.8, 4) is 0 Å². The Bertz CT molecular complexity index is 1130. The Balaban J connectivity index is 1.50. The van der Waals surface area contributed by atoms with E-state index >= 15 is 0 Å². The molecule has 164 valence electrons. The van der Waals surface area contributed by atoms with Gasteiger partial charge in [-0.15, -0.1) is 0 Å². The first-order valence-corrected chi connectivity index (χ1v) is 11.4. The van der Waals surface area contributed by atoms with Crippen LogP contribution in [-0.2, 0) is 4.79 Å². The summed E-state index contributed by atoms with van der Waals surface area (Å²) in [7, 11) is 0. The van der Waals surface area contributed by atoms with Gasteiger partial charge >= 0.3 is 0 Å².